The Bertz CT molecular complexity index is 268. The van der Waals surface area contributed by atoms with Crippen LogP contribution in [-0.4, -0.2) is 12.0 Å². The van der Waals surface area contributed by atoms with E-state index < -0.39 is 13.3 Å². The Morgan fingerprint density at radius 1 is 1.31 bits per heavy atom. The van der Waals surface area contributed by atoms with Gasteiger partial charge in [-0.05, 0) is 24.4 Å². The average molecular weight is 188 g/mol. The number of rotatable bonds is 3. The van der Waals surface area contributed by atoms with E-state index in [4.69, 9.17) is 0 Å². The molecule has 0 spiro atoms. The van der Waals surface area contributed by atoms with Crippen LogP contribution >= 0.6 is 0 Å². The zero-order chi connectivity index (χ0) is 9.90. The summed E-state index contributed by atoms with van der Waals surface area (Å²) in [6, 6.07) is 3.12. The number of hydrogen-bond acceptors (Lipinski definition) is 1. The smallest absolute Gasteiger partial charge is 0.449 e. The van der Waals surface area contributed by atoms with Crippen molar-refractivity contribution in [3.8, 4) is 0 Å². The molecule has 0 fully saturated rings. The standard InChI is InChI=1S/C8H10BF3N/c1-2-7-3-4-8(13-6-7)5-9(10,11)12/h3-4,6H,2,5H2,1H3/q-1. The molecule has 1 aromatic rings. The molecule has 0 atom stereocenters. The predicted octanol–water partition coefficient (Wildman–Crippen LogP) is 2.57. The molecule has 0 unspecified atom stereocenters. The first kappa shape index (κ1) is 10.1. The number of hydrogen-bond donors (Lipinski definition) is 0. The summed E-state index contributed by atoms with van der Waals surface area (Å²) in [5.74, 6) is 0. The molecule has 5 heteroatoms. The van der Waals surface area contributed by atoms with E-state index in [1.54, 1.807) is 6.07 Å². The van der Waals surface area contributed by atoms with Crippen molar-refractivity contribution in [3.63, 3.8) is 0 Å². The van der Waals surface area contributed by atoms with Gasteiger partial charge in [-0.2, -0.15) is 0 Å². The van der Waals surface area contributed by atoms with Gasteiger partial charge in [-0.1, -0.05) is 13.0 Å². The fourth-order valence-corrected chi connectivity index (χ4v) is 1.02. The van der Waals surface area contributed by atoms with E-state index in [9.17, 15) is 12.9 Å². The highest BCUT2D eigenvalue weighted by atomic mass is 19.4. The van der Waals surface area contributed by atoms with Gasteiger partial charge < -0.3 is 12.9 Å². The van der Waals surface area contributed by atoms with Crippen LogP contribution in [0.25, 0.3) is 0 Å². The summed E-state index contributed by atoms with van der Waals surface area (Å²) in [4.78, 5) is 3.73. The van der Waals surface area contributed by atoms with Gasteiger partial charge in [0.15, 0.2) is 0 Å². The SMILES string of the molecule is CCc1ccc(C[B-](F)(F)F)nc1. The van der Waals surface area contributed by atoms with Crippen LogP contribution in [0.5, 0.6) is 0 Å². The summed E-state index contributed by atoms with van der Waals surface area (Å²) in [5.41, 5.74) is 1.06. The summed E-state index contributed by atoms with van der Waals surface area (Å²) in [5, 5.41) is 0. The molecule has 0 aliphatic heterocycles. The van der Waals surface area contributed by atoms with E-state index in [-0.39, 0.29) is 5.69 Å². The van der Waals surface area contributed by atoms with Gasteiger partial charge in [0.05, 0.1) is 0 Å². The van der Waals surface area contributed by atoms with E-state index in [1.807, 2.05) is 6.92 Å². The molecular formula is C8H10BF3N-. The van der Waals surface area contributed by atoms with E-state index >= 15 is 0 Å². The van der Waals surface area contributed by atoms with Crippen molar-refractivity contribution < 1.29 is 12.9 Å². The third-order valence-corrected chi connectivity index (χ3v) is 1.73. The lowest BCUT2D eigenvalue weighted by molar-refractivity contribution is 0.467. The molecule has 1 rings (SSSR count). The first-order valence-electron chi connectivity index (χ1n) is 4.16. The molecule has 0 bridgehead atoms. The van der Waals surface area contributed by atoms with Crippen molar-refractivity contribution in [1.82, 2.24) is 4.98 Å². The van der Waals surface area contributed by atoms with Gasteiger partial charge in [0.2, 0.25) is 0 Å². The third-order valence-electron chi connectivity index (χ3n) is 1.73. The second kappa shape index (κ2) is 3.81. The maximum absolute atomic E-state index is 11.9. The zero-order valence-electron chi connectivity index (χ0n) is 7.30. The van der Waals surface area contributed by atoms with Crippen molar-refractivity contribution in [1.29, 1.82) is 0 Å². The van der Waals surface area contributed by atoms with Crippen molar-refractivity contribution in [3.05, 3.63) is 29.6 Å². The number of halogens is 3. The predicted molar refractivity (Wildman–Crippen MR) is 46.4 cm³/mol. The van der Waals surface area contributed by atoms with Gasteiger partial charge in [0.25, 0.3) is 0 Å². The van der Waals surface area contributed by atoms with E-state index in [1.165, 1.54) is 12.3 Å². The van der Waals surface area contributed by atoms with Crippen LogP contribution in [0.2, 0.25) is 0 Å². The van der Waals surface area contributed by atoms with Gasteiger partial charge in [-0.3, -0.25) is 4.98 Å². The molecule has 13 heavy (non-hydrogen) atoms. The van der Waals surface area contributed by atoms with E-state index in [0.29, 0.717) is 0 Å². The van der Waals surface area contributed by atoms with Crippen LogP contribution < -0.4 is 0 Å². The second-order valence-corrected chi connectivity index (χ2v) is 2.93. The molecule has 0 aliphatic rings. The zero-order valence-corrected chi connectivity index (χ0v) is 7.30. The van der Waals surface area contributed by atoms with E-state index in [2.05, 4.69) is 4.98 Å². The molecule has 0 amide bonds. The number of pyridine rings is 1. The highest BCUT2D eigenvalue weighted by molar-refractivity contribution is 6.57. The third kappa shape index (κ3) is 3.48. The lowest BCUT2D eigenvalue weighted by Crippen LogP contribution is -2.20. The first-order chi connectivity index (χ1) is 6.01. The molecule has 0 aromatic carbocycles. The summed E-state index contributed by atoms with van der Waals surface area (Å²) in [6.07, 6.45) is 1.41. The van der Waals surface area contributed by atoms with Crippen LogP contribution in [0.15, 0.2) is 18.3 Å². The second-order valence-electron chi connectivity index (χ2n) is 2.93. The molecule has 1 heterocycles. The molecule has 0 radical (unpaired) electrons. The van der Waals surface area contributed by atoms with Crippen LogP contribution in [0.4, 0.5) is 12.9 Å². The Labute approximate surface area is 75.0 Å². The van der Waals surface area contributed by atoms with Crippen LogP contribution in [0.3, 0.4) is 0 Å². The highest BCUT2D eigenvalue weighted by Gasteiger charge is 2.23. The van der Waals surface area contributed by atoms with Crippen LogP contribution in [-0.2, 0) is 12.7 Å². The molecule has 0 aliphatic carbocycles. The maximum Gasteiger partial charge on any atom is 0.484 e. The molecular weight excluding hydrogens is 178 g/mol. The van der Waals surface area contributed by atoms with Gasteiger partial charge in [-0.15, -0.1) is 0 Å². The minimum absolute atomic E-state index is 0.102. The van der Waals surface area contributed by atoms with Crippen LogP contribution in [0.1, 0.15) is 18.2 Å². The Morgan fingerprint density at radius 3 is 2.38 bits per heavy atom. The Kier molecular flexibility index (Phi) is 2.96. The monoisotopic (exact) mass is 188 g/mol. The topological polar surface area (TPSA) is 12.9 Å². The van der Waals surface area contributed by atoms with Crippen molar-refractivity contribution in [2.75, 3.05) is 0 Å². The Morgan fingerprint density at radius 2 is 2.00 bits per heavy atom. The largest absolute Gasteiger partial charge is 0.484 e. The number of aryl methyl sites for hydroxylation is 1. The average Bonchev–Trinajstić information content (AvgIpc) is 2.03. The lowest BCUT2D eigenvalue weighted by atomic mass is 9.84. The fourth-order valence-electron chi connectivity index (χ4n) is 1.02. The molecule has 0 saturated heterocycles. The van der Waals surface area contributed by atoms with Crippen LogP contribution in [0, 0.1) is 0 Å². The van der Waals surface area contributed by atoms with Crippen molar-refractivity contribution >= 4 is 6.98 Å². The van der Waals surface area contributed by atoms with Gasteiger partial charge in [0, 0.05) is 11.9 Å². The summed E-state index contributed by atoms with van der Waals surface area (Å²) < 4.78 is 35.8. The summed E-state index contributed by atoms with van der Waals surface area (Å²) >= 11 is 0. The normalized spacial score (nSPS) is 11.7. The van der Waals surface area contributed by atoms with Gasteiger partial charge >= 0.3 is 6.98 Å². The summed E-state index contributed by atoms with van der Waals surface area (Å²) in [7, 11) is 0. The molecule has 0 N–H and O–H groups in total. The Balaban J connectivity index is 2.70. The molecule has 1 aromatic heterocycles. The van der Waals surface area contributed by atoms with E-state index in [0.717, 1.165) is 12.0 Å². The van der Waals surface area contributed by atoms with Gasteiger partial charge in [0.1, 0.15) is 0 Å². The number of aromatic nitrogens is 1. The van der Waals surface area contributed by atoms with Gasteiger partial charge in [-0.25, -0.2) is 0 Å². The minimum atomic E-state index is -4.76. The highest BCUT2D eigenvalue weighted by Crippen LogP contribution is 2.14. The lowest BCUT2D eigenvalue weighted by Gasteiger charge is -2.12. The number of nitrogens with zero attached hydrogens (tertiary/aromatic N) is 1. The summed E-state index contributed by atoms with van der Waals surface area (Å²) in [6.45, 7) is -2.83. The maximum atomic E-state index is 11.9. The first-order valence-corrected chi connectivity index (χ1v) is 4.16. The fraction of sp³-hybridized carbons (Fsp3) is 0.375. The minimum Gasteiger partial charge on any atom is -0.449 e. The van der Waals surface area contributed by atoms with Crippen molar-refractivity contribution in [2.24, 2.45) is 0 Å². The molecule has 0 saturated carbocycles. The molecule has 1 nitrogen and oxygen atoms in total. The quantitative estimate of drug-likeness (QED) is 0.664. The Hall–Kier alpha value is -0.995. The van der Waals surface area contributed by atoms with Crippen molar-refractivity contribution in [2.45, 2.75) is 19.7 Å². The molecule has 72 valence electrons.